The van der Waals surface area contributed by atoms with Gasteiger partial charge in [0.05, 0.1) is 17.6 Å². The molecule has 1 unspecified atom stereocenters. The fraction of sp³-hybridized carbons (Fsp3) is 0.364. The smallest absolute Gasteiger partial charge is 0.475 e. The van der Waals surface area contributed by atoms with Crippen LogP contribution >= 0.6 is 0 Å². The van der Waals surface area contributed by atoms with Gasteiger partial charge in [-0.25, -0.2) is 23.8 Å². The molecular formula is C22H24F4N6O2. The van der Waals surface area contributed by atoms with E-state index in [-0.39, 0.29) is 5.82 Å². The van der Waals surface area contributed by atoms with E-state index in [0.717, 1.165) is 29.9 Å². The van der Waals surface area contributed by atoms with Gasteiger partial charge in [-0.1, -0.05) is 0 Å². The summed E-state index contributed by atoms with van der Waals surface area (Å²) >= 11 is 0. The second kappa shape index (κ2) is 11.1. The van der Waals surface area contributed by atoms with Gasteiger partial charge in [0.25, 0.3) is 0 Å². The van der Waals surface area contributed by atoms with Crippen molar-refractivity contribution in [2.45, 2.75) is 31.5 Å². The van der Waals surface area contributed by atoms with Crippen molar-refractivity contribution in [2.24, 2.45) is 0 Å². The first-order valence-corrected chi connectivity index (χ1v) is 10.5. The van der Waals surface area contributed by atoms with Crippen LogP contribution in [0, 0.1) is 5.82 Å². The number of nitrogens with zero attached hydrogens (tertiary/aromatic N) is 5. The first kappa shape index (κ1) is 25.1. The summed E-state index contributed by atoms with van der Waals surface area (Å²) in [5.74, 6) is -2.39. The van der Waals surface area contributed by atoms with E-state index in [9.17, 15) is 17.6 Å². The van der Waals surface area contributed by atoms with E-state index in [2.05, 4.69) is 32.3 Å². The number of rotatable bonds is 6. The molecular weight excluding hydrogens is 456 g/mol. The number of halogens is 4. The van der Waals surface area contributed by atoms with Crippen LogP contribution in [-0.2, 0) is 4.79 Å². The summed E-state index contributed by atoms with van der Waals surface area (Å²) in [7, 11) is 2.19. The van der Waals surface area contributed by atoms with E-state index in [1.54, 1.807) is 29.2 Å². The number of aromatic nitrogens is 4. The molecule has 1 fully saturated rings. The number of benzene rings is 1. The van der Waals surface area contributed by atoms with Crippen LogP contribution in [0.15, 0.2) is 48.9 Å². The van der Waals surface area contributed by atoms with Crippen molar-refractivity contribution >= 4 is 11.9 Å². The minimum atomic E-state index is -5.08. The molecule has 0 radical (unpaired) electrons. The predicted molar refractivity (Wildman–Crippen MR) is 117 cm³/mol. The van der Waals surface area contributed by atoms with Gasteiger partial charge < -0.3 is 15.3 Å². The van der Waals surface area contributed by atoms with Crippen molar-refractivity contribution in [2.75, 3.05) is 25.5 Å². The summed E-state index contributed by atoms with van der Waals surface area (Å²) in [6.45, 7) is 2.04. The Morgan fingerprint density at radius 1 is 1.24 bits per heavy atom. The second-order valence-electron chi connectivity index (χ2n) is 7.71. The number of hydrogen-bond acceptors (Lipinski definition) is 6. The van der Waals surface area contributed by atoms with E-state index in [1.165, 1.54) is 31.5 Å². The molecule has 2 N–H and O–H groups in total. The van der Waals surface area contributed by atoms with Crippen LogP contribution in [0.5, 0.6) is 0 Å². The normalized spacial score (nSPS) is 16.1. The third-order valence-electron chi connectivity index (χ3n) is 5.30. The SMILES string of the molecule is CN1CCCC1CCNc1nccc(-c2cnn(-c3ccc(F)cc3)c2)n1.O=C(O)C(F)(F)F. The number of carboxylic acids is 1. The van der Waals surface area contributed by atoms with Crippen LogP contribution in [0.3, 0.4) is 0 Å². The maximum atomic E-state index is 13.1. The highest BCUT2D eigenvalue weighted by atomic mass is 19.4. The first-order chi connectivity index (χ1) is 16.1. The number of likely N-dealkylation sites (tertiary alicyclic amines) is 1. The molecule has 2 aromatic heterocycles. The molecule has 1 aromatic carbocycles. The average molecular weight is 480 g/mol. The van der Waals surface area contributed by atoms with Gasteiger partial charge >= 0.3 is 12.1 Å². The quantitative estimate of drug-likeness (QED) is 0.515. The Labute approximate surface area is 193 Å². The van der Waals surface area contributed by atoms with E-state index in [1.807, 2.05) is 12.3 Å². The Morgan fingerprint density at radius 3 is 2.56 bits per heavy atom. The molecule has 12 heteroatoms. The average Bonchev–Trinajstić information content (AvgIpc) is 3.44. The summed E-state index contributed by atoms with van der Waals surface area (Å²) in [5.41, 5.74) is 2.50. The van der Waals surface area contributed by atoms with Crippen LogP contribution < -0.4 is 5.32 Å². The summed E-state index contributed by atoms with van der Waals surface area (Å²) in [6, 6.07) is 8.74. The molecule has 1 saturated heterocycles. The minimum absolute atomic E-state index is 0.263. The number of nitrogens with one attached hydrogen (secondary N) is 1. The number of anilines is 1. The highest BCUT2D eigenvalue weighted by molar-refractivity contribution is 5.73. The molecule has 3 aromatic rings. The van der Waals surface area contributed by atoms with E-state index in [0.29, 0.717) is 12.0 Å². The molecule has 1 atom stereocenters. The van der Waals surface area contributed by atoms with Crippen LogP contribution in [0.25, 0.3) is 16.9 Å². The van der Waals surface area contributed by atoms with E-state index in [4.69, 9.17) is 9.90 Å². The predicted octanol–water partition coefficient (Wildman–Crippen LogP) is 4.00. The van der Waals surface area contributed by atoms with Gasteiger partial charge in [-0.05, 0) is 63.2 Å². The Bertz CT molecular complexity index is 1090. The molecule has 3 heterocycles. The third kappa shape index (κ3) is 6.98. The molecule has 8 nitrogen and oxygen atoms in total. The number of aliphatic carboxylic acids is 1. The maximum absolute atomic E-state index is 13.1. The largest absolute Gasteiger partial charge is 0.490 e. The van der Waals surface area contributed by atoms with Crippen molar-refractivity contribution in [1.82, 2.24) is 24.6 Å². The van der Waals surface area contributed by atoms with Gasteiger partial charge in [-0.3, -0.25) is 0 Å². The van der Waals surface area contributed by atoms with Gasteiger partial charge in [0.15, 0.2) is 0 Å². The molecule has 0 amide bonds. The van der Waals surface area contributed by atoms with Crippen molar-refractivity contribution in [3.05, 3.63) is 54.7 Å². The number of carboxylic acid groups (broad SMARTS) is 1. The number of alkyl halides is 3. The molecule has 0 spiro atoms. The fourth-order valence-corrected chi connectivity index (χ4v) is 3.49. The van der Waals surface area contributed by atoms with Gasteiger partial charge in [-0.15, -0.1) is 0 Å². The molecule has 4 rings (SSSR count). The zero-order valence-electron chi connectivity index (χ0n) is 18.3. The summed E-state index contributed by atoms with van der Waals surface area (Å²) < 4.78 is 46.5. The van der Waals surface area contributed by atoms with Crippen molar-refractivity contribution < 1.29 is 27.5 Å². The lowest BCUT2D eigenvalue weighted by molar-refractivity contribution is -0.192. The van der Waals surface area contributed by atoms with Crippen molar-refractivity contribution in [1.29, 1.82) is 0 Å². The Kier molecular flexibility index (Phi) is 8.16. The fourth-order valence-electron chi connectivity index (χ4n) is 3.49. The Hall–Kier alpha value is -3.54. The second-order valence-corrected chi connectivity index (χ2v) is 7.71. The van der Waals surface area contributed by atoms with Crippen LogP contribution in [-0.4, -0.2) is 68.1 Å². The number of hydrogen-bond donors (Lipinski definition) is 2. The topological polar surface area (TPSA) is 96.2 Å². The lowest BCUT2D eigenvalue weighted by atomic mass is 10.1. The highest BCUT2D eigenvalue weighted by Crippen LogP contribution is 2.20. The molecule has 34 heavy (non-hydrogen) atoms. The molecule has 0 saturated carbocycles. The van der Waals surface area contributed by atoms with E-state index >= 15 is 0 Å². The Morgan fingerprint density at radius 2 is 1.94 bits per heavy atom. The summed E-state index contributed by atoms with van der Waals surface area (Å²) in [4.78, 5) is 20.2. The summed E-state index contributed by atoms with van der Waals surface area (Å²) in [5, 5.41) is 14.8. The van der Waals surface area contributed by atoms with Crippen molar-refractivity contribution in [3.8, 4) is 16.9 Å². The lowest BCUT2D eigenvalue weighted by Gasteiger charge is -2.19. The molecule has 0 aliphatic carbocycles. The van der Waals surface area contributed by atoms with Gasteiger partial charge in [0.1, 0.15) is 5.82 Å². The third-order valence-corrected chi connectivity index (χ3v) is 5.30. The van der Waals surface area contributed by atoms with Gasteiger partial charge in [0.2, 0.25) is 5.95 Å². The molecule has 182 valence electrons. The monoisotopic (exact) mass is 480 g/mol. The molecule has 1 aliphatic rings. The maximum Gasteiger partial charge on any atom is 0.490 e. The van der Waals surface area contributed by atoms with Gasteiger partial charge in [0, 0.05) is 30.5 Å². The zero-order chi connectivity index (χ0) is 24.7. The molecule has 1 aliphatic heterocycles. The van der Waals surface area contributed by atoms with Crippen LogP contribution in [0.2, 0.25) is 0 Å². The first-order valence-electron chi connectivity index (χ1n) is 10.5. The standard InChI is InChI=1S/C20H23FN6.C2HF3O2/c1-26-12-2-3-17(26)8-10-22-20-23-11-9-19(25-20)15-13-24-27(14-15)18-6-4-16(21)5-7-18;3-2(4,5)1(6)7/h4-7,9,11,13-14,17H,2-3,8,10,12H2,1H3,(H,22,23,25);(H,6,7). The lowest BCUT2D eigenvalue weighted by Crippen LogP contribution is -2.27. The Balaban J connectivity index is 0.000000406. The van der Waals surface area contributed by atoms with Crippen LogP contribution in [0.4, 0.5) is 23.5 Å². The number of carbonyl (C=O) groups is 1. The highest BCUT2D eigenvalue weighted by Gasteiger charge is 2.38. The molecule has 0 bridgehead atoms. The van der Waals surface area contributed by atoms with Crippen LogP contribution in [0.1, 0.15) is 19.3 Å². The van der Waals surface area contributed by atoms with E-state index < -0.39 is 12.1 Å². The van der Waals surface area contributed by atoms with Gasteiger partial charge in [-0.2, -0.15) is 18.3 Å². The summed E-state index contributed by atoms with van der Waals surface area (Å²) in [6.07, 6.45) is 3.94. The minimum Gasteiger partial charge on any atom is -0.475 e. The zero-order valence-corrected chi connectivity index (χ0v) is 18.3. The van der Waals surface area contributed by atoms with Crippen molar-refractivity contribution in [3.63, 3.8) is 0 Å².